The predicted octanol–water partition coefficient (Wildman–Crippen LogP) is 2.50. The van der Waals surface area contributed by atoms with E-state index >= 15 is 0 Å². The van der Waals surface area contributed by atoms with E-state index in [-0.39, 0.29) is 0 Å². The first kappa shape index (κ1) is 21.2. The summed E-state index contributed by atoms with van der Waals surface area (Å²) in [5.74, 6) is 2.43. The lowest BCUT2D eigenvalue weighted by Gasteiger charge is -2.08. The van der Waals surface area contributed by atoms with Crippen molar-refractivity contribution in [2.75, 3.05) is 24.9 Å². The number of benzene rings is 1. The summed E-state index contributed by atoms with van der Waals surface area (Å²) in [5, 5.41) is 0. The fourth-order valence-corrected chi connectivity index (χ4v) is 4.25. The first-order valence-electron chi connectivity index (χ1n) is 7.09. The van der Waals surface area contributed by atoms with Crippen molar-refractivity contribution >= 4 is 21.0 Å². The van der Waals surface area contributed by atoms with Crippen molar-refractivity contribution in [3.05, 3.63) is 30.3 Å². The molecule has 138 valence electrons. The van der Waals surface area contributed by atoms with Crippen molar-refractivity contribution in [3.8, 4) is 0 Å². The molecule has 1 fully saturated rings. The van der Waals surface area contributed by atoms with Crippen molar-refractivity contribution in [1.82, 2.24) is 0 Å². The summed E-state index contributed by atoms with van der Waals surface area (Å²) in [7, 11) is -5.70. The van der Waals surface area contributed by atoms with Gasteiger partial charge in [-0.2, -0.15) is 13.2 Å². The second kappa shape index (κ2) is 9.62. The van der Waals surface area contributed by atoms with Crippen molar-refractivity contribution in [2.24, 2.45) is 0 Å². The third-order valence-electron chi connectivity index (χ3n) is 3.02. The topological polar surface area (TPSA) is 75.7 Å². The molecule has 0 bridgehead atoms. The number of halogens is 3. The lowest BCUT2D eigenvalue weighted by Crippen LogP contribution is -2.21. The Kier molecular flexibility index (Phi) is 8.51. The van der Waals surface area contributed by atoms with Gasteiger partial charge in [0.05, 0.1) is 0 Å². The SMILES string of the molecule is CCOCOC1CC[S+](c2ccccc2)C1.O=S(=O)([O-])C(F)(F)F. The Morgan fingerprint density at radius 2 is 1.88 bits per heavy atom. The van der Waals surface area contributed by atoms with E-state index in [0.717, 1.165) is 12.4 Å². The van der Waals surface area contributed by atoms with E-state index in [4.69, 9.17) is 22.4 Å². The largest absolute Gasteiger partial charge is 0.741 e. The van der Waals surface area contributed by atoms with E-state index in [0.29, 0.717) is 23.8 Å². The fourth-order valence-electron chi connectivity index (χ4n) is 1.85. The summed E-state index contributed by atoms with van der Waals surface area (Å²) in [4.78, 5) is 1.48. The van der Waals surface area contributed by atoms with Crippen molar-refractivity contribution in [1.29, 1.82) is 0 Å². The zero-order valence-corrected chi connectivity index (χ0v) is 14.6. The summed E-state index contributed by atoms with van der Waals surface area (Å²) in [6.07, 6.45) is 1.57. The molecule has 24 heavy (non-hydrogen) atoms. The molecule has 2 rings (SSSR count). The number of alkyl halides is 3. The molecule has 0 saturated carbocycles. The van der Waals surface area contributed by atoms with E-state index in [1.165, 1.54) is 17.1 Å². The standard InChI is InChI=1S/C13H19O2S.CHF3O3S/c1-2-14-11-15-12-8-9-16(10-12)13-6-4-3-5-7-13;2-1(3,4)8(5,6)7/h3-7,12H,2,8-11H2,1H3;(H,5,6,7)/q+1;/p-1. The van der Waals surface area contributed by atoms with Gasteiger partial charge >= 0.3 is 5.51 Å². The third kappa shape index (κ3) is 7.39. The monoisotopic (exact) mass is 388 g/mol. The Hall–Kier alpha value is -0.810. The molecular formula is C14H19F3O5S2. The molecule has 2 unspecified atom stereocenters. The quantitative estimate of drug-likeness (QED) is 0.255. The first-order valence-corrected chi connectivity index (χ1v) is 10.1. The van der Waals surface area contributed by atoms with Crippen LogP contribution in [-0.4, -0.2) is 49.5 Å². The van der Waals surface area contributed by atoms with Crippen molar-refractivity contribution < 1.29 is 35.6 Å². The maximum absolute atomic E-state index is 10.7. The maximum atomic E-state index is 10.7. The van der Waals surface area contributed by atoms with Gasteiger partial charge < -0.3 is 14.0 Å². The molecule has 2 atom stereocenters. The van der Waals surface area contributed by atoms with Gasteiger partial charge in [-0.15, -0.1) is 0 Å². The Bertz CT molecular complexity index is 578. The smallest absolute Gasteiger partial charge is 0.485 e. The maximum Gasteiger partial charge on any atom is 0.485 e. The van der Waals surface area contributed by atoms with Crippen LogP contribution in [0.15, 0.2) is 35.2 Å². The van der Waals surface area contributed by atoms with Gasteiger partial charge in [0.1, 0.15) is 24.4 Å². The van der Waals surface area contributed by atoms with Crippen LogP contribution in [0.1, 0.15) is 13.3 Å². The summed E-state index contributed by atoms with van der Waals surface area (Å²) in [6.45, 7) is 3.18. The molecule has 1 aliphatic heterocycles. The van der Waals surface area contributed by atoms with Crippen LogP contribution in [0.5, 0.6) is 0 Å². The van der Waals surface area contributed by atoms with E-state index in [2.05, 4.69) is 30.3 Å². The van der Waals surface area contributed by atoms with Gasteiger partial charge in [0, 0.05) is 23.9 Å². The van der Waals surface area contributed by atoms with Gasteiger partial charge in [-0.3, -0.25) is 0 Å². The summed E-state index contributed by atoms with van der Waals surface area (Å²) < 4.78 is 69.8. The number of hydrogen-bond donors (Lipinski definition) is 0. The van der Waals surface area contributed by atoms with Crippen LogP contribution in [0.2, 0.25) is 0 Å². The highest BCUT2D eigenvalue weighted by Crippen LogP contribution is 2.24. The van der Waals surface area contributed by atoms with Gasteiger partial charge in [0.15, 0.2) is 15.0 Å². The Balaban J connectivity index is 0.000000307. The van der Waals surface area contributed by atoms with Crippen LogP contribution < -0.4 is 0 Å². The molecule has 0 N–H and O–H groups in total. The summed E-state index contributed by atoms with van der Waals surface area (Å²) >= 11 is 0. The molecule has 0 aliphatic carbocycles. The highest BCUT2D eigenvalue weighted by Gasteiger charge is 2.37. The van der Waals surface area contributed by atoms with Gasteiger partial charge in [0.25, 0.3) is 0 Å². The average Bonchev–Trinajstić information content (AvgIpc) is 2.96. The normalized spacial score (nSPS) is 21.2. The Morgan fingerprint density at radius 3 is 2.38 bits per heavy atom. The van der Waals surface area contributed by atoms with Crippen LogP contribution >= 0.6 is 0 Å². The van der Waals surface area contributed by atoms with Gasteiger partial charge in [-0.1, -0.05) is 18.2 Å². The Morgan fingerprint density at radius 1 is 1.29 bits per heavy atom. The Labute approximate surface area is 142 Å². The van der Waals surface area contributed by atoms with Crippen molar-refractivity contribution in [2.45, 2.75) is 29.9 Å². The van der Waals surface area contributed by atoms with Crippen LogP contribution in [-0.2, 0) is 30.5 Å². The molecular weight excluding hydrogens is 369 g/mol. The minimum atomic E-state index is -6.09. The average molecular weight is 388 g/mol. The molecule has 1 aromatic rings. The van der Waals surface area contributed by atoms with Gasteiger partial charge in [0.2, 0.25) is 0 Å². The number of ether oxygens (including phenoxy) is 2. The second-order valence-electron chi connectivity index (χ2n) is 4.76. The highest BCUT2D eigenvalue weighted by atomic mass is 32.2. The molecule has 10 heteroatoms. The molecule has 1 aromatic carbocycles. The molecule has 0 spiro atoms. The van der Waals surface area contributed by atoms with Crippen LogP contribution in [0.25, 0.3) is 0 Å². The molecule has 1 heterocycles. The fraction of sp³-hybridized carbons (Fsp3) is 0.571. The third-order valence-corrected chi connectivity index (χ3v) is 6.03. The van der Waals surface area contributed by atoms with Crippen molar-refractivity contribution in [3.63, 3.8) is 0 Å². The first-order chi connectivity index (χ1) is 11.1. The molecule has 1 aliphatic rings. The summed E-state index contributed by atoms with van der Waals surface area (Å²) in [6, 6.07) is 10.8. The molecule has 5 nitrogen and oxygen atoms in total. The minimum Gasteiger partial charge on any atom is -0.741 e. The van der Waals surface area contributed by atoms with E-state index < -0.39 is 15.6 Å². The molecule has 1 saturated heterocycles. The van der Waals surface area contributed by atoms with Crippen LogP contribution in [0.4, 0.5) is 13.2 Å². The van der Waals surface area contributed by atoms with E-state index in [9.17, 15) is 13.2 Å². The zero-order valence-electron chi connectivity index (χ0n) is 13.0. The predicted molar refractivity (Wildman–Crippen MR) is 83.5 cm³/mol. The zero-order chi connectivity index (χ0) is 18.2. The highest BCUT2D eigenvalue weighted by molar-refractivity contribution is 7.97. The van der Waals surface area contributed by atoms with E-state index in [1.54, 1.807) is 0 Å². The molecule has 0 aromatic heterocycles. The van der Waals surface area contributed by atoms with Gasteiger partial charge in [-0.25, -0.2) is 8.42 Å². The lowest BCUT2D eigenvalue weighted by molar-refractivity contribution is -0.0776. The number of rotatable bonds is 5. The van der Waals surface area contributed by atoms with E-state index in [1.807, 2.05) is 6.92 Å². The van der Waals surface area contributed by atoms with Gasteiger partial charge in [-0.05, 0) is 19.1 Å². The van der Waals surface area contributed by atoms with Crippen LogP contribution in [0.3, 0.4) is 0 Å². The van der Waals surface area contributed by atoms with Crippen LogP contribution in [0, 0.1) is 0 Å². The molecule has 0 amide bonds. The lowest BCUT2D eigenvalue weighted by atomic mass is 10.3. The minimum absolute atomic E-state index is 0.393. The molecule has 0 radical (unpaired) electrons. The summed E-state index contributed by atoms with van der Waals surface area (Å²) in [5.41, 5.74) is -5.65. The number of hydrogen-bond acceptors (Lipinski definition) is 5. The second-order valence-corrected chi connectivity index (χ2v) is 8.33.